The van der Waals surface area contributed by atoms with Crippen molar-refractivity contribution in [1.29, 1.82) is 0 Å². The molecule has 0 saturated carbocycles. The number of anilines is 2. The molecule has 130 valence electrons. The Bertz CT molecular complexity index is 1070. The van der Waals surface area contributed by atoms with E-state index in [1.165, 1.54) is 11.9 Å². The van der Waals surface area contributed by atoms with Crippen molar-refractivity contribution in [3.05, 3.63) is 71.0 Å². The smallest absolute Gasteiger partial charge is 0.131 e. The third-order valence-electron chi connectivity index (χ3n) is 4.42. The number of rotatable bonds is 4. The van der Waals surface area contributed by atoms with Crippen LogP contribution in [-0.4, -0.2) is 15.0 Å². The number of nitrogens with zero attached hydrogens (tertiary/aromatic N) is 2. The fraction of sp³-hybridized carbons (Fsp3) is 0.100. The first-order valence-corrected chi connectivity index (χ1v) is 8.67. The Labute approximate surface area is 156 Å². The van der Waals surface area contributed by atoms with E-state index < -0.39 is 0 Å². The summed E-state index contributed by atoms with van der Waals surface area (Å²) in [6, 6.07) is 16.0. The van der Waals surface area contributed by atoms with Crippen LogP contribution in [0.25, 0.3) is 22.2 Å². The molecule has 0 bridgehead atoms. The third kappa shape index (κ3) is 3.09. The first-order valence-electron chi connectivity index (χ1n) is 8.29. The fourth-order valence-corrected chi connectivity index (χ4v) is 3.39. The highest BCUT2D eigenvalue weighted by atomic mass is 35.5. The first kappa shape index (κ1) is 16.4. The van der Waals surface area contributed by atoms with Crippen LogP contribution in [0.5, 0.6) is 0 Å². The Hall–Kier alpha value is -3.05. The van der Waals surface area contributed by atoms with Crippen LogP contribution in [-0.2, 0) is 6.54 Å². The largest absolute Gasteiger partial charge is 0.384 e. The fourth-order valence-electron chi connectivity index (χ4n) is 3.15. The van der Waals surface area contributed by atoms with Crippen LogP contribution in [0.1, 0.15) is 11.1 Å². The van der Waals surface area contributed by atoms with E-state index in [2.05, 4.69) is 39.3 Å². The van der Waals surface area contributed by atoms with Crippen LogP contribution < -0.4 is 11.1 Å². The SMILES string of the molecule is Cc1c(-c2ccccc2)[nH]c2c(CNc3cc(N)ncn3)cc(Cl)cc12. The van der Waals surface area contributed by atoms with E-state index >= 15 is 0 Å². The second kappa shape index (κ2) is 6.69. The predicted molar refractivity (Wildman–Crippen MR) is 107 cm³/mol. The summed E-state index contributed by atoms with van der Waals surface area (Å²) in [7, 11) is 0. The molecule has 6 heteroatoms. The molecular formula is C20H18ClN5. The van der Waals surface area contributed by atoms with Gasteiger partial charge < -0.3 is 16.0 Å². The molecule has 0 fully saturated rings. The van der Waals surface area contributed by atoms with Gasteiger partial charge in [-0.2, -0.15) is 0 Å². The summed E-state index contributed by atoms with van der Waals surface area (Å²) in [5.41, 5.74) is 11.3. The lowest BCUT2D eigenvalue weighted by molar-refractivity contribution is 1.09. The summed E-state index contributed by atoms with van der Waals surface area (Å²) in [5.74, 6) is 1.11. The Morgan fingerprint density at radius 3 is 2.69 bits per heavy atom. The van der Waals surface area contributed by atoms with E-state index in [0.717, 1.165) is 27.7 Å². The lowest BCUT2D eigenvalue weighted by Crippen LogP contribution is -2.03. The molecule has 0 atom stereocenters. The normalized spacial score (nSPS) is 11.0. The Morgan fingerprint density at radius 1 is 1.12 bits per heavy atom. The number of hydrogen-bond acceptors (Lipinski definition) is 4. The Morgan fingerprint density at radius 2 is 1.92 bits per heavy atom. The summed E-state index contributed by atoms with van der Waals surface area (Å²) in [5, 5.41) is 5.11. The molecule has 0 aliphatic rings. The second-order valence-electron chi connectivity index (χ2n) is 6.16. The summed E-state index contributed by atoms with van der Waals surface area (Å²) in [6.45, 7) is 2.68. The Balaban J connectivity index is 1.75. The highest BCUT2D eigenvalue weighted by Crippen LogP contribution is 2.33. The standard InChI is InChI=1S/C20H18ClN5/c1-12-16-8-15(21)7-14(10-23-18-9-17(22)24-11-25-18)20(16)26-19(12)13-5-3-2-4-6-13/h2-9,11,26H,10H2,1H3,(H3,22,23,24,25). The van der Waals surface area contributed by atoms with Crippen molar-refractivity contribution < 1.29 is 0 Å². The van der Waals surface area contributed by atoms with Crippen molar-refractivity contribution in [2.24, 2.45) is 0 Å². The third-order valence-corrected chi connectivity index (χ3v) is 4.64. The zero-order chi connectivity index (χ0) is 18.1. The van der Waals surface area contributed by atoms with E-state index in [1.54, 1.807) is 6.07 Å². The average Bonchev–Trinajstić information content (AvgIpc) is 2.97. The van der Waals surface area contributed by atoms with Gasteiger partial charge in [-0.15, -0.1) is 0 Å². The number of nitrogens with one attached hydrogen (secondary N) is 2. The van der Waals surface area contributed by atoms with Gasteiger partial charge in [0.1, 0.15) is 18.0 Å². The number of aromatic amines is 1. The van der Waals surface area contributed by atoms with Crippen LogP contribution >= 0.6 is 11.6 Å². The van der Waals surface area contributed by atoms with Gasteiger partial charge in [0.2, 0.25) is 0 Å². The van der Waals surface area contributed by atoms with Gasteiger partial charge in [-0.25, -0.2) is 9.97 Å². The number of fused-ring (bicyclic) bond motifs is 1. The maximum Gasteiger partial charge on any atom is 0.131 e. The molecule has 4 N–H and O–H groups in total. The van der Waals surface area contributed by atoms with Gasteiger partial charge in [0, 0.05) is 28.7 Å². The minimum absolute atomic E-state index is 0.431. The van der Waals surface area contributed by atoms with Crippen LogP contribution in [0, 0.1) is 6.92 Å². The topological polar surface area (TPSA) is 79.6 Å². The van der Waals surface area contributed by atoms with Gasteiger partial charge in [0.15, 0.2) is 0 Å². The molecule has 0 amide bonds. The number of hydrogen-bond donors (Lipinski definition) is 3. The summed E-state index contributed by atoms with van der Waals surface area (Å²) in [6.07, 6.45) is 1.44. The van der Waals surface area contributed by atoms with Crippen molar-refractivity contribution in [3.63, 3.8) is 0 Å². The molecule has 0 saturated heterocycles. The number of aryl methyl sites for hydroxylation is 1. The monoisotopic (exact) mass is 363 g/mol. The molecule has 0 aliphatic heterocycles. The minimum Gasteiger partial charge on any atom is -0.384 e. The van der Waals surface area contributed by atoms with E-state index in [-0.39, 0.29) is 0 Å². The lowest BCUT2D eigenvalue weighted by Gasteiger charge is -2.08. The van der Waals surface area contributed by atoms with Crippen molar-refractivity contribution in [2.45, 2.75) is 13.5 Å². The molecule has 4 aromatic rings. The number of halogens is 1. The van der Waals surface area contributed by atoms with Crippen LogP contribution in [0.2, 0.25) is 5.02 Å². The highest BCUT2D eigenvalue weighted by molar-refractivity contribution is 6.31. The average molecular weight is 364 g/mol. The van der Waals surface area contributed by atoms with Crippen molar-refractivity contribution >= 4 is 34.1 Å². The van der Waals surface area contributed by atoms with Crippen molar-refractivity contribution in [2.75, 3.05) is 11.1 Å². The number of nitrogen functional groups attached to an aromatic ring is 1. The zero-order valence-electron chi connectivity index (χ0n) is 14.3. The van der Waals surface area contributed by atoms with E-state index in [4.69, 9.17) is 17.3 Å². The molecule has 0 spiro atoms. The van der Waals surface area contributed by atoms with Gasteiger partial charge in [0.05, 0.1) is 5.52 Å². The summed E-state index contributed by atoms with van der Waals surface area (Å²) in [4.78, 5) is 11.7. The summed E-state index contributed by atoms with van der Waals surface area (Å²) < 4.78 is 0. The van der Waals surface area contributed by atoms with Crippen molar-refractivity contribution in [1.82, 2.24) is 15.0 Å². The number of aromatic nitrogens is 3. The molecule has 0 unspecified atom stereocenters. The molecule has 2 aromatic carbocycles. The maximum absolute atomic E-state index is 6.37. The number of benzene rings is 2. The second-order valence-corrected chi connectivity index (χ2v) is 6.60. The van der Waals surface area contributed by atoms with Gasteiger partial charge >= 0.3 is 0 Å². The van der Waals surface area contributed by atoms with Gasteiger partial charge in [-0.1, -0.05) is 41.9 Å². The van der Waals surface area contributed by atoms with Crippen molar-refractivity contribution in [3.8, 4) is 11.3 Å². The van der Waals surface area contributed by atoms with E-state index in [9.17, 15) is 0 Å². The molecule has 5 nitrogen and oxygen atoms in total. The molecule has 2 aromatic heterocycles. The van der Waals surface area contributed by atoms with Gasteiger partial charge in [-0.05, 0) is 35.7 Å². The lowest BCUT2D eigenvalue weighted by atomic mass is 10.1. The maximum atomic E-state index is 6.37. The quantitative estimate of drug-likeness (QED) is 0.487. The number of nitrogens with two attached hydrogens (primary N) is 1. The first-order chi connectivity index (χ1) is 12.6. The molecular weight excluding hydrogens is 346 g/mol. The Kier molecular flexibility index (Phi) is 4.22. The number of H-pyrrole nitrogens is 1. The highest BCUT2D eigenvalue weighted by Gasteiger charge is 2.13. The zero-order valence-corrected chi connectivity index (χ0v) is 15.0. The van der Waals surface area contributed by atoms with Gasteiger partial charge in [-0.3, -0.25) is 0 Å². The molecule has 0 radical (unpaired) electrons. The van der Waals surface area contributed by atoms with E-state index in [0.29, 0.717) is 23.2 Å². The molecule has 2 heterocycles. The summed E-state index contributed by atoms with van der Waals surface area (Å²) >= 11 is 6.37. The minimum atomic E-state index is 0.431. The van der Waals surface area contributed by atoms with Crippen LogP contribution in [0.3, 0.4) is 0 Å². The van der Waals surface area contributed by atoms with Crippen LogP contribution in [0.15, 0.2) is 54.9 Å². The molecule has 4 rings (SSSR count). The van der Waals surface area contributed by atoms with Gasteiger partial charge in [0.25, 0.3) is 0 Å². The van der Waals surface area contributed by atoms with Crippen LogP contribution in [0.4, 0.5) is 11.6 Å². The predicted octanol–water partition coefficient (Wildman–Crippen LogP) is 4.78. The molecule has 0 aliphatic carbocycles. The molecule has 26 heavy (non-hydrogen) atoms. The van der Waals surface area contributed by atoms with E-state index in [1.807, 2.05) is 30.3 Å².